The predicted octanol–water partition coefficient (Wildman–Crippen LogP) is 0.584. The molecule has 0 saturated heterocycles. The molecule has 0 heterocycles. The second kappa shape index (κ2) is 7.20. The van der Waals surface area contributed by atoms with Crippen LogP contribution in [0.2, 0.25) is 0 Å². The first kappa shape index (κ1) is 19.9. The Balaban J connectivity index is 3.12. The lowest BCUT2D eigenvalue weighted by atomic mass is 10.2. The van der Waals surface area contributed by atoms with E-state index in [1.54, 1.807) is 6.92 Å². The van der Waals surface area contributed by atoms with E-state index in [9.17, 15) is 33.0 Å². The van der Waals surface area contributed by atoms with Gasteiger partial charge in [0.25, 0.3) is 0 Å². The van der Waals surface area contributed by atoms with Crippen molar-refractivity contribution >= 4 is 30.5 Å². The van der Waals surface area contributed by atoms with Crippen molar-refractivity contribution in [2.75, 3.05) is 24.6 Å². The molecular weight excluding hydrogens is 376 g/mol. The molecule has 7 nitrogen and oxygen atoms in total. The van der Waals surface area contributed by atoms with Gasteiger partial charge in [0, 0.05) is 13.1 Å². The Morgan fingerprint density at radius 3 is 1.57 bits per heavy atom. The van der Waals surface area contributed by atoms with Gasteiger partial charge in [-0.3, -0.25) is 0 Å². The minimum Gasteiger partial charge on any atom is -0.207 e. The van der Waals surface area contributed by atoms with Crippen molar-refractivity contribution in [2.24, 2.45) is 0 Å². The smallest absolute Gasteiger partial charge is 0.207 e. The van der Waals surface area contributed by atoms with Crippen molar-refractivity contribution in [2.45, 2.75) is 11.8 Å². The highest BCUT2D eigenvalue weighted by atomic mass is 32.3. The van der Waals surface area contributed by atoms with Crippen molar-refractivity contribution < 1.29 is 33.0 Å². The first-order valence-electron chi connectivity index (χ1n) is 6.23. The number of sulfonamides is 1. The molecule has 0 N–H and O–H groups in total. The van der Waals surface area contributed by atoms with Crippen LogP contribution >= 0.6 is 0 Å². The van der Waals surface area contributed by atoms with Gasteiger partial charge in [-0.1, -0.05) is 17.7 Å². The number of halogens is 2. The number of hydrogen-bond acceptors (Lipinski definition) is 6. The van der Waals surface area contributed by atoms with Gasteiger partial charge in [-0.05, 0) is 19.1 Å². The predicted molar refractivity (Wildman–Crippen MR) is 79.7 cm³/mol. The largest absolute Gasteiger partial charge is 0.303 e. The van der Waals surface area contributed by atoms with E-state index in [-0.39, 0.29) is 4.90 Å². The third kappa shape index (κ3) is 6.89. The maximum atomic E-state index is 12.6. The normalized spacial score (nSPS) is 13.4. The van der Waals surface area contributed by atoms with Crippen molar-refractivity contribution in [3.8, 4) is 0 Å². The highest BCUT2D eigenvalue weighted by Gasteiger charge is 2.27. The molecule has 0 aliphatic carbocycles. The summed E-state index contributed by atoms with van der Waals surface area (Å²) >= 11 is 0. The van der Waals surface area contributed by atoms with Gasteiger partial charge in [0.15, 0.2) is 0 Å². The molecule has 0 amide bonds. The van der Waals surface area contributed by atoms with Gasteiger partial charge in [0.2, 0.25) is 10.0 Å². The van der Waals surface area contributed by atoms with E-state index >= 15 is 0 Å². The van der Waals surface area contributed by atoms with E-state index in [1.165, 1.54) is 24.3 Å². The van der Waals surface area contributed by atoms with Crippen LogP contribution in [0.3, 0.4) is 0 Å². The van der Waals surface area contributed by atoms with Crippen LogP contribution in [0, 0.1) is 6.92 Å². The van der Waals surface area contributed by atoms with E-state index in [2.05, 4.69) is 0 Å². The molecule has 132 valence electrons. The third-order valence-electron chi connectivity index (χ3n) is 2.83. The van der Waals surface area contributed by atoms with Crippen LogP contribution in [0.4, 0.5) is 7.77 Å². The molecule has 0 spiro atoms. The van der Waals surface area contributed by atoms with E-state index in [1.807, 2.05) is 0 Å². The maximum Gasteiger partial charge on any atom is 0.303 e. The molecule has 1 aromatic rings. The average molecular weight is 391 g/mol. The Morgan fingerprint density at radius 1 is 0.826 bits per heavy atom. The fraction of sp³-hybridized carbons (Fsp3) is 0.455. The van der Waals surface area contributed by atoms with Gasteiger partial charge in [-0.2, -0.15) is 21.1 Å². The second-order valence-corrected chi connectivity index (χ2v) is 9.61. The van der Waals surface area contributed by atoms with Crippen molar-refractivity contribution in [1.82, 2.24) is 4.31 Å². The SMILES string of the molecule is Cc1ccc(S(=O)(=O)N(CCS(=O)(=O)F)CCS(=O)(=O)F)cc1. The zero-order chi connectivity index (χ0) is 17.9. The Hall–Kier alpha value is -1.11. The number of benzene rings is 1. The van der Waals surface area contributed by atoms with Crippen LogP contribution in [0.1, 0.15) is 5.56 Å². The van der Waals surface area contributed by atoms with Crippen LogP contribution in [-0.4, -0.2) is 54.2 Å². The fourth-order valence-electron chi connectivity index (χ4n) is 1.63. The van der Waals surface area contributed by atoms with Crippen LogP contribution in [0.25, 0.3) is 0 Å². The summed E-state index contributed by atoms with van der Waals surface area (Å²) < 4.78 is 92.7. The summed E-state index contributed by atoms with van der Waals surface area (Å²) in [5.41, 5.74) is 0.758. The highest BCUT2D eigenvalue weighted by molar-refractivity contribution is 7.89. The molecule has 0 fully saturated rings. The van der Waals surface area contributed by atoms with Crippen molar-refractivity contribution in [1.29, 1.82) is 0 Å². The first-order valence-corrected chi connectivity index (χ1v) is 10.8. The summed E-state index contributed by atoms with van der Waals surface area (Å²) in [5, 5.41) is 0. The Bertz CT molecular complexity index is 812. The molecular formula is C11H15F2NO6S3. The van der Waals surface area contributed by atoms with Crippen LogP contribution in [0.5, 0.6) is 0 Å². The highest BCUT2D eigenvalue weighted by Crippen LogP contribution is 2.17. The number of rotatable bonds is 8. The molecule has 1 rings (SSSR count). The number of nitrogens with zero attached hydrogens (tertiary/aromatic N) is 1. The molecule has 1 aromatic carbocycles. The first-order chi connectivity index (χ1) is 10.3. The minimum atomic E-state index is -4.97. The van der Waals surface area contributed by atoms with E-state index in [0.717, 1.165) is 5.56 Å². The van der Waals surface area contributed by atoms with Crippen LogP contribution in [0.15, 0.2) is 29.2 Å². The second-order valence-electron chi connectivity index (χ2n) is 4.70. The Labute approximate surface area is 134 Å². The van der Waals surface area contributed by atoms with E-state index in [4.69, 9.17) is 0 Å². The van der Waals surface area contributed by atoms with Gasteiger partial charge in [-0.15, -0.1) is 7.77 Å². The standard InChI is InChI=1S/C11H15F2NO6S3/c1-10-2-4-11(5-3-10)23(19,20)14(6-8-21(12,15)16)7-9-22(13,17)18/h2-5H,6-9H2,1H3. The fourth-order valence-corrected chi connectivity index (χ4v) is 4.18. The van der Waals surface area contributed by atoms with Crippen molar-refractivity contribution in [3.63, 3.8) is 0 Å². The summed E-state index contributed by atoms with van der Waals surface area (Å²) in [5.74, 6) is -2.32. The lowest BCUT2D eigenvalue weighted by Crippen LogP contribution is -2.37. The summed E-state index contributed by atoms with van der Waals surface area (Å²) in [7, 11) is -14.2. The number of hydrogen-bond donors (Lipinski definition) is 0. The molecule has 0 aliphatic rings. The van der Waals surface area contributed by atoms with Gasteiger partial charge in [0.05, 0.1) is 16.4 Å². The molecule has 0 aliphatic heterocycles. The lowest BCUT2D eigenvalue weighted by Gasteiger charge is -2.20. The zero-order valence-electron chi connectivity index (χ0n) is 12.0. The molecule has 0 unspecified atom stereocenters. The maximum absolute atomic E-state index is 12.6. The molecule has 0 aromatic heterocycles. The summed E-state index contributed by atoms with van der Waals surface area (Å²) in [6, 6.07) is 5.41. The summed E-state index contributed by atoms with van der Waals surface area (Å²) in [6.07, 6.45) is 0. The lowest BCUT2D eigenvalue weighted by molar-refractivity contribution is 0.438. The molecule has 0 radical (unpaired) electrons. The molecule has 0 bridgehead atoms. The Kier molecular flexibility index (Phi) is 6.24. The van der Waals surface area contributed by atoms with Gasteiger partial charge in [0.1, 0.15) is 0 Å². The minimum absolute atomic E-state index is 0.240. The zero-order valence-corrected chi connectivity index (χ0v) is 14.5. The molecule has 12 heteroatoms. The van der Waals surface area contributed by atoms with E-state index < -0.39 is 55.1 Å². The average Bonchev–Trinajstić information content (AvgIpc) is 2.36. The molecule has 0 atom stereocenters. The molecule has 23 heavy (non-hydrogen) atoms. The monoisotopic (exact) mass is 391 g/mol. The van der Waals surface area contributed by atoms with E-state index in [0.29, 0.717) is 4.31 Å². The van der Waals surface area contributed by atoms with Crippen molar-refractivity contribution in [3.05, 3.63) is 29.8 Å². The van der Waals surface area contributed by atoms with Gasteiger partial charge < -0.3 is 0 Å². The Morgan fingerprint density at radius 2 is 1.22 bits per heavy atom. The number of aryl methyl sites for hydroxylation is 1. The van der Waals surface area contributed by atoms with Crippen LogP contribution in [-0.2, 0) is 30.5 Å². The summed E-state index contributed by atoms with van der Waals surface area (Å²) in [6.45, 7) is 0.0502. The third-order valence-corrected chi connectivity index (χ3v) is 6.08. The summed E-state index contributed by atoms with van der Waals surface area (Å²) in [4.78, 5) is -0.240. The molecule has 0 saturated carbocycles. The van der Waals surface area contributed by atoms with Crippen LogP contribution < -0.4 is 0 Å². The van der Waals surface area contributed by atoms with Gasteiger partial charge in [-0.25, -0.2) is 8.42 Å². The van der Waals surface area contributed by atoms with Gasteiger partial charge >= 0.3 is 20.4 Å². The topological polar surface area (TPSA) is 106 Å². The quantitative estimate of drug-likeness (QED) is 0.601.